The first-order valence-electron chi connectivity index (χ1n) is 8.03. The van der Waals surface area contributed by atoms with Gasteiger partial charge < -0.3 is 5.32 Å². The first kappa shape index (κ1) is 18.8. The minimum atomic E-state index is -3.78. The van der Waals surface area contributed by atoms with Crippen molar-refractivity contribution in [2.45, 2.75) is 18.7 Å². The third-order valence-corrected chi connectivity index (χ3v) is 5.35. The summed E-state index contributed by atoms with van der Waals surface area (Å²) in [4.78, 5) is 4.20. The van der Waals surface area contributed by atoms with Crippen LogP contribution in [0.5, 0.6) is 0 Å². The van der Waals surface area contributed by atoms with Crippen molar-refractivity contribution in [2.75, 3.05) is 10.0 Å². The van der Waals surface area contributed by atoms with Crippen molar-refractivity contribution in [1.29, 1.82) is 0 Å². The predicted octanol–water partition coefficient (Wildman–Crippen LogP) is 4.52. The number of rotatable bonds is 5. The predicted molar refractivity (Wildman–Crippen MR) is 101 cm³/mol. The molecule has 0 saturated heterocycles. The van der Waals surface area contributed by atoms with Crippen molar-refractivity contribution in [2.24, 2.45) is 0 Å². The van der Waals surface area contributed by atoms with Crippen LogP contribution in [0, 0.1) is 25.5 Å². The van der Waals surface area contributed by atoms with Crippen LogP contribution in [0.15, 0.2) is 59.6 Å². The molecular formula is C19H17F2N3O2S. The molecule has 0 saturated carbocycles. The Balaban J connectivity index is 1.77. The maximum Gasteiger partial charge on any atom is 0.263 e. The van der Waals surface area contributed by atoms with Gasteiger partial charge in [0, 0.05) is 6.07 Å². The molecule has 1 heterocycles. The van der Waals surface area contributed by atoms with Gasteiger partial charge >= 0.3 is 0 Å². The van der Waals surface area contributed by atoms with Crippen molar-refractivity contribution >= 4 is 27.2 Å². The average Bonchev–Trinajstić information content (AvgIpc) is 2.58. The molecular weight excluding hydrogens is 372 g/mol. The highest BCUT2D eigenvalue weighted by atomic mass is 32.2. The molecule has 0 aliphatic heterocycles. The minimum Gasteiger partial charge on any atom is -0.352 e. The summed E-state index contributed by atoms with van der Waals surface area (Å²) in [5.74, 6) is -1.29. The van der Waals surface area contributed by atoms with Gasteiger partial charge in [-0.3, -0.25) is 4.72 Å². The second-order valence-electron chi connectivity index (χ2n) is 6.06. The Morgan fingerprint density at radius 1 is 0.963 bits per heavy atom. The summed E-state index contributed by atoms with van der Waals surface area (Å²) >= 11 is 0. The van der Waals surface area contributed by atoms with E-state index >= 15 is 0 Å². The molecule has 0 spiro atoms. The fourth-order valence-electron chi connectivity index (χ4n) is 2.57. The zero-order valence-electron chi connectivity index (χ0n) is 14.6. The van der Waals surface area contributed by atoms with E-state index in [2.05, 4.69) is 15.0 Å². The second kappa shape index (κ2) is 7.32. The van der Waals surface area contributed by atoms with E-state index in [9.17, 15) is 17.2 Å². The summed E-state index contributed by atoms with van der Waals surface area (Å²) in [5.41, 5.74) is 2.11. The number of aryl methyl sites for hydroxylation is 2. The van der Waals surface area contributed by atoms with E-state index in [0.717, 1.165) is 17.7 Å². The van der Waals surface area contributed by atoms with Crippen molar-refractivity contribution < 1.29 is 17.2 Å². The smallest absolute Gasteiger partial charge is 0.263 e. The Kier molecular flexibility index (Phi) is 5.09. The summed E-state index contributed by atoms with van der Waals surface area (Å²) in [7, 11) is -3.78. The summed E-state index contributed by atoms with van der Waals surface area (Å²) in [6.07, 6.45) is 1.35. The van der Waals surface area contributed by atoms with E-state index in [0.29, 0.717) is 11.3 Å². The summed E-state index contributed by atoms with van der Waals surface area (Å²) in [6.45, 7) is 3.60. The van der Waals surface area contributed by atoms with E-state index < -0.39 is 21.7 Å². The molecule has 0 bridgehead atoms. The van der Waals surface area contributed by atoms with Crippen LogP contribution >= 0.6 is 0 Å². The number of pyridine rings is 1. The molecule has 2 aromatic carbocycles. The number of aromatic nitrogens is 1. The van der Waals surface area contributed by atoms with Crippen LogP contribution in [0.2, 0.25) is 0 Å². The molecule has 1 aromatic heterocycles. The molecule has 2 N–H and O–H groups in total. The van der Waals surface area contributed by atoms with Gasteiger partial charge in [-0.2, -0.15) is 0 Å². The lowest BCUT2D eigenvalue weighted by Gasteiger charge is -2.11. The zero-order valence-corrected chi connectivity index (χ0v) is 15.4. The Morgan fingerprint density at radius 2 is 1.74 bits per heavy atom. The Labute approximate surface area is 156 Å². The number of nitrogens with one attached hydrogen (secondary N) is 2. The van der Waals surface area contributed by atoms with Crippen molar-refractivity contribution in [3.8, 4) is 0 Å². The molecule has 5 nitrogen and oxygen atoms in total. The van der Waals surface area contributed by atoms with Crippen molar-refractivity contribution in [3.63, 3.8) is 0 Å². The summed E-state index contributed by atoms with van der Waals surface area (Å²) < 4.78 is 54.1. The van der Waals surface area contributed by atoms with Crippen LogP contribution in [0.1, 0.15) is 11.1 Å². The highest BCUT2D eigenvalue weighted by molar-refractivity contribution is 7.92. The molecule has 27 heavy (non-hydrogen) atoms. The van der Waals surface area contributed by atoms with Gasteiger partial charge in [-0.25, -0.2) is 22.2 Å². The summed E-state index contributed by atoms with van der Waals surface area (Å²) in [5, 5.41) is 2.76. The number of benzene rings is 2. The van der Waals surface area contributed by atoms with Crippen LogP contribution in [-0.2, 0) is 10.0 Å². The number of nitrogens with zero attached hydrogens (tertiary/aromatic N) is 1. The zero-order chi connectivity index (χ0) is 19.6. The Morgan fingerprint density at radius 3 is 2.37 bits per heavy atom. The van der Waals surface area contributed by atoms with Crippen molar-refractivity contribution in [3.05, 3.63) is 77.5 Å². The van der Waals surface area contributed by atoms with E-state index in [1.165, 1.54) is 24.4 Å². The molecule has 3 rings (SSSR count). The molecule has 3 aromatic rings. The maximum absolute atomic E-state index is 13.7. The molecule has 8 heteroatoms. The molecule has 0 radical (unpaired) electrons. The topological polar surface area (TPSA) is 71.1 Å². The molecule has 0 aliphatic carbocycles. The standard InChI is InChI=1S/C19H17F2N3O2S/c1-12-3-7-18(13(2)9-12)27(25,26)24-19-8-5-15(11-22-19)23-17-6-4-14(20)10-16(17)21/h3-11,23H,1-2H3,(H,22,24). The average molecular weight is 389 g/mol. The minimum absolute atomic E-state index is 0.0850. The van der Waals surface area contributed by atoms with Gasteiger partial charge in [0.15, 0.2) is 0 Å². The largest absolute Gasteiger partial charge is 0.352 e. The third kappa shape index (κ3) is 4.40. The van der Waals surface area contributed by atoms with Gasteiger partial charge in [-0.15, -0.1) is 0 Å². The molecule has 0 unspecified atom stereocenters. The van der Waals surface area contributed by atoms with Crippen LogP contribution < -0.4 is 10.0 Å². The number of halogens is 2. The number of hydrogen-bond donors (Lipinski definition) is 2. The number of hydrogen-bond acceptors (Lipinski definition) is 4. The van der Waals surface area contributed by atoms with Gasteiger partial charge in [0.25, 0.3) is 10.0 Å². The molecule has 0 amide bonds. The Hall–Kier alpha value is -3.00. The van der Waals surface area contributed by atoms with Gasteiger partial charge in [0.2, 0.25) is 0 Å². The fraction of sp³-hybridized carbons (Fsp3) is 0.105. The van der Waals surface area contributed by atoms with Crippen LogP contribution in [0.4, 0.5) is 26.0 Å². The lowest BCUT2D eigenvalue weighted by molar-refractivity contribution is 0.586. The monoisotopic (exact) mass is 389 g/mol. The quantitative estimate of drug-likeness (QED) is 0.673. The van der Waals surface area contributed by atoms with E-state index in [4.69, 9.17) is 0 Å². The van der Waals surface area contributed by atoms with Gasteiger partial charge in [0.05, 0.1) is 22.5 Å². The first-order chi connectivity index (χ1) is 12.7. The second-order valence-corrected chi connectivity index (χ2v) is 7.71. The SMILES string of the molecule is Cc1ccc(S(=O)(=O)Nc2ccc(Nc3ccc(F)cc3F)cn2)c(C)c1. The fourth-order valence-corrected chi connectivity index (χ4v) is 3.80. The number of sulfonamides is 1. The van der Waals surface area contributed by atoms with E-state index in [1.807, 2.05) is 6.92 Å². The number of anilines is 3. The van der Waals surface area contributed by atoms with Crippen LogP contribution in [0.3, 0.4) is 0 Å². The lowest BCUT2D eigenvalue weighted by Crippen LogP contribution is -2.15. The molecule has 0 fully saturated rings. The Bertz CT molecular complexity index is 1080. The van der Waals surface area contributed by atoms with E-state index in [1.54, 1.807) is 25.1 Å². The highest BCUT2D eigenvalue weighted by Crippen LogP contribution is 2.23. The van der Waals surface area contributed by atoms with Gasteiger partial charge in [-0.05, 0) is 49.7 Å². The summed E-state index contributed by atoms with van der Waals surface area (Å²) in [6, 6.07) is 11.2. The van der Waals surface area contributed by atoms with E-state index in [-0.39, 0.29) is 16.4 Å². The van der Waals surface area contributed by atoms with Crippen LogP contribution in [0.25, 0.3) is 0 Å². The lowest BCUT2D eigenvalue weighted by atomic mass is 10.2. The molecule has 140 valence electrons. The third-order valence-electron chi connectivity index (χ3n) is 3.83. The van der Waals surface area contributed by atoms with Crippen molar-refractivity contribution in [1.82, 2.24) is 4.98 Å². The maximum atomic E-state index is 13.7. The van der Waals surface area contributed by atoms with Crippen LogP contribution in [-0.4, -0.2) is 13.4 Å². The molecule has 0 aliphatic rings. The van der Waals surface area contributed by atoms with Gasteiger partial charge in [-0.1, -0.05) is 17.7 Å². The highest BCUT2D eigenvalue weighted by Gasteiger charge is 2.17. The molecule has 0 atom stereocenters. The first-order valence-corrected chi connectivity index (χ1v) is 9.51. The normalized spacial score (nSPS) is 11.3. The van der Waals surface area contributed by atoms with Gasteiger partial charge in [0.1, 0.15) is 17.5 Å².